The lowest BCUT2D eigenvalue weighted by atomic mass is 9.93. The molecule has 5 heteroatoms. The molecule has 0 aliphatic rings. The summed E-state index contributed by atoms with van der Waals surface area (Å²) in [7, 11) is 3.46. The third kappa shape index (κ3) is 4.15. The Balaban J connectivity index is 0.00000264. The van der Waals surface area contributed by atoms with E-state index in [1.807, 2.05) is 43.4 Å². The minimum atomic E-state index is -0.104. The number of benzene rings is 2. The van der Waals surface area contributed by atoms with Gasteiger partial charge in [0.25, 0.3) is 5.91 Å². The van der Waals surface area contributed by atoms with E-state index in [4.69, 9.17) is 10.5 Å². The van der Waals surface area contributed by atoms with Crippen molar-refractivity contribution in [3.05, 3.63) is 42.0 Å². The SMILES string of the molecule is COc1ccc(C(=O)N(C)CC(C)(C)CN)c2ccccc12.Cl. The molecule has 4 nitrogen and oxygen atoms in total. The third-order valence-electron chi connectivity index (χ3n) is 3.90. The van der Waals surface area contributed by atoms with Crippen molar-refractivity contribution in [2.75, 3.05) is 27.2 Å². The number of carbonyl (C=O) groups is 1. The Morgan fingerprint density at radius 3 is 2.35 bits per heavy atom. The first-order valence-corrected chi connectivity index (χ1v) is 7.41. The average Bonchev–Trinajstić information content (AvgIpc) is 2.52. The van der Waals surface area contributed by atoms with Crippen molar-refractivity contribution in [1.82, 2.24) is 4.90 Å². The zero-order valence-electron chi connectivity index (χ0n) is 14.1. The lowest BCUT2D eigenvalue weighted by Gasteiger charge is -2.29. The van der Waals surface area contributed by atoms with E-state index in [0.29, 0.717) is 18.7 Å². The normalized spacial score (nSPS) is 11.0. The molecule has 2 aromatic carbocycles. The highest BCUT2D eigenvalue weighted by Crippen LogP contribution is 2.29. The fourth-order valence-corrected chi connectivity index (χ4v) is 2.62. The van der Waals surface area contributed by atoms with Gasteiger partial charge in [-0.25, -0.2) is 0 Å². The minimum absolute atomic E-state index is 0. The molecule has 0 fully saturated rings. The van der Waals surface area contributed by atoms with Gasteiger partial charge < -0.3 is 15.4 Å². The average molecular weight is 337 g/mol. The Bertz CT molecular complexity index is 686. The molecular weight excluding hydrogens is 312 g/mol. The monoisotopic (exact) mass is 336 g/mol. The molecule has 23 heavy (non-hydrogen) atoms. The highest BCUT2D eigenvalue weighted by molar-refractivity contribution is 6.08. The van der Waals surface area contributed by atoms with Gasteiger partial charge in [0.2, 0.25) is 0 Å². The molecule has 0 aliphatic carbocycles. The van der Waals surface area contributed by atoms with Gasteiger partial charge in [-0.1, -0.05) is 38.1 Å². The third-order valence-corrected chi connectivity index (χ3v) is 3.90. The molecule has 0 spiro atoms. The lowest BCUT2D eigenvalue weighted by Crippen LogP contribution is -2.39. The van der Waals surface area contributed by atoms with Gasteiger partial charge in [-0.2, -0.15) is 0 Å². The summed E-state index contributed by atoms with van der Waals surface area (Å²) in [5.74, 6) is 0.775. The molecular formula is C18H25ClN2O2. The zero-order valence-corrected chi connectivity index (χ0v) is 14.9. The van der Waals surface area contributed by atoms with E-state index in [-0.39, 0.29) is 23.7 Å². The largest absolute Gasteiger partial charge is 0.496 e. The molecule has 0 saturated carbocycles. The molecule has 2 rings (SSSR count). The molecule has 0 aromatic heterocycles. The number of hydrogen-bond acceptors (Lipinski definition) is 3. The molecule has 0 radical (unpaired) electrons. The van der Waals surface area contributed by atoms with E-state index in [1.165, 1.54) is 0 Å². The van der Waals surface area contributed by atoms with E-state index < -0.39 is 0 Å². The maximum absolute atomic E-state index is 12.8. The van der Waals surface area contributed by atoms with Crippen LogP contribution in [0.15, 0.2) is 36.4 Å². The first-order chi connectivity index (χ1) is 10.4. The number of halogens is 1. The number of carbonyl (C=O) groups excluding carboxylic acids is 1. The van der Waals surface area contributed by atoms with E-state index >= 15 is 0 Å². The number of fused-ring (bicyclic) bond motifs is 1. The van der Waals surface area contributed by atoms with Crippen molar-refractivity contribution >= 4 is 29.1 Å². The second-order valence-corrected chi connectivity index (χ2v) is 6.39. The van der Waals surface area contributed by atoms with Crippen LogP contribution in [0.5, 0.6) is 5.75 Å². The van der Waals surface area contributed by atoms with Crippen LogP contribution in [-0.4, -0.2) is 38.1 Å². The Labute approximate surface area is 144 Å². The van der Waals surface area contributed by atoms with Crippen molar-refractivity contribution in [2.45, 2.75) is 13.8 Å². The van der Waals surface area contributed by atoms with Crippen LogP contribution in [0, 0.1) is 5.41 Å². The van der Waals surface area contributed by atoms with Crippen LogP contribution in [0.3, 0.4) is 0 Å². The Kier molecular flexibility index (Phi) is 6.42. The molecule has 2 aromatic rings. The Morgan fingerprint density at radius 2 is 1.78 bits per heavy atom. The van der Waals surface area contributed by atoms with Crippen molar-refractivity contribution in [2.24, 2.45) is 11.1 Å². The molecule has 126 valence electrons. The quantitative estimate of drug-likeness (QED) is 0.911. The summed E-state index contributed by atoms with van der Waals surface area (Å²) in [4.78, 5) is 14.5. The van der Waals surface area contributed by atoms with E-state index in [0.717, 1.165) is 16.5 Å². The summed E-state index contributed by atoms with van der Waals surface area (Å²) < 4.78 is 5.38. The van der Waals surface area contributed by atoms with Crippen LogP contribution in [0.1, 0.15) is 24.2 Å². The first-order valence-electron chi connectivity index (χ1n) is 7.41. The minimum Gasteiger partial charge on any atom is -0.496 e. The molecule has 0 atom stereocenters. The maximum Gasteiger partial charge on any atom is 0.254 e. The number of nitrogens with zero attached hydrogens (tertiary/aromatic N) is 1. The Hall–Kier alpha value is -1.78. The lowest BCUT2D eigenvalue weighted by molar-refractivity contribution is 0.0742. The fourth-order valence-electron chi connectivity index (χ4n) is 2.62. The smallest absolute Gasteiger partial charge is 0.254 e. The van der Waals surface area contributed by atoms with E-state index in [1.54, 1.807) is 12.0 Å². The van der Waals surface area contributed by atoms with Crippen LogP contribution in [0.25, 0.3) is 10.8 Å². The highest BCUT2D eigenvalue weighted by atomic mass is 35.5. The first kappa shape index (κ1) is 19.3. The van der Waals surface area contributed by atoms with Gasteiger partial charge >= 0.3 is 0 Å². The predicted molar refractivity (Wildman–Crippen MR) is 97.5 cm³/mol. The molecule has 2 N–H and O–H groups in total. The summed E-state index contributed by atoms with van der Waals surface area (Å²) in [5, 5.41) is 1.85. The highest BCUT2D eigenvalue weighted by Gasteiger charge is 2.23. The summed E-state index contributed by atoms with van der Waals surface area (Å²) in [6.45, 7) is 5.27. The second kappa shape index (κ2) is 7.66. The zero-order chi connectivity index (χ0) is 16.3. The standard InChI is InChI=1S/C18H24N2O2.ClH/c1-18(2,11-19)12-20(3)17(21)15-9-10-16(22-4)14-8-6-5-7-13(14)15;/h5-10H,11-12,19H2,1-4H3;1H. The van der Waals surface area contributed by atoms with Crippen LogP contribution in [0.4, 0.5) is 0 Å². The van der Waals surface area contributed by atoms with Gasteiger partial charge in [0.1, 0.15) is 5.75 Å². The number of amides is 1. The molecule has 0 unspecified atom stereocenters. The fraction of sp³-hybridized carbons (Fsp3) is 0.389. The molecule has 0 aliphatic heterocycles. The van der Waals surface area contributed by atoms with Gasteiger partial charge in [-0.3, -0.25) is 4.79 Å². The number of rotatable bonds is 5. The molecule has 0 heterocycles. The molecule has 0 bridgehead atoms. The van der Waals surface area contributed by atoms with Crippen molar-refractivity contribution in [3.8, 4) is 5.75 Å². The number of ether oxygens (including phenoxy) is 1. The number of hydrogen-bond donors (Lipinski definition) is 1. The van der Waals surface area contributed by atoms with Crippen molar-refractivity contribution in [1.29, 1.82) is 0 Å². The predicted octanol–water partition coefficient (Wildman–Crippen LogP) is 3.33. The Morgan fingerprint density at radius 1 is 1.17 bits per heavy atom. The number of nitrogens with two attached hydrogens (primary N) is 1. The van der Waals surface area contributed by atoms with E-state index in [9.17, 15) is 4.79 Å². The molecule has 1 amide bonds. The van der Waals surface area contributed by atoms with Gasteiger partial charge in [0, 0.05) is 24.5 Å². The van der Waals surface area contributed by atoms with Crippen molar-refractivity contribution in [3.63, 3.8) is 0 Å². The molecule has 0 saturated heterocycles. The summed E-state index contributed by atoms with van der Waals surface area (Å²) in [5.41, 5.74) is 6.35. The van der Waals surface area contributed by atoms with E-state index in [2.05, 4.69) is 13.8 Å². The maximum atomic E-state index is 12.8. The summed E-state index contributed by atoms with van der Waals surface area (Å²) in [6, 6.07) is 11.5. The second-order valence-electron chi connectivity index (χ2n) is 6.39. The van der Waals surface area contributed by atoms with Crippen LogP contribution in [-0.2, 0) is 0 Å². The van der Waals surface area contributed by atoms with Gasteiger partial charge in [-0.05, 0) is 29.5 Å². The summed E-state index contributed by atoms with van der Waals surface area (Å²) >= 11 is 0. The van der Waals surface area contributed by atoms with Gasteiger partial charge in [0.15, 0.2) is 0 Å². The number of methoxy groups -OCH3 is 1. The van der Waals surface area contributed by atoms with Crippen LogP contribution >= 0.6 is 12.4 Å². The van der Waals surface area contributed by atoms with Crippen LogP contribution in [0.2, 0.25) is 0 Å². The van der Waals surface area contributed by atoms with Crippen molar-refractivity contribution < 1.29 is 9.53 Å². The summed E-state index contributed by atoms with van der Waals surface area (Å²) in [6.07, 6.45) is 0. The van der Waals surface area contributed by atoms with Gasteiger partial charge in [-0.15, -0.1) is 12.4 Å². The van der Waals surface area contributed by atoms with Gasteiger partial charge in [0.05, 0.1) is 7.11 Å². The van der Waals surface area contributed by atoms with Crippen LogP contribution < -0.4 is 10.5 Å². The topological polar surface area (TPSA) is 55.6 Å².